The van der Waals surface area contributed by atoms with Gasteiger partial charge in [0.2, 0.25) is 5.91 Å². The molecule has 1 amide bonds. The largest absolute Gasteiger partial charge is 0.360 e. The van der Waals surface area contributed by atoms with Crippen molar-refractivity contribution < 1.29 is 9.18 Å². The van der Waals surface area contributed by atoms with Crippen LogP contribution in [0.1, 0.15) is 5.56 Å². The summed E-state index contributed by atoms with van der Waals surface area (Å²) in [6, 6.07) is 4.49. The molecule has 1 aliphatic heterocycles. The van der Waals surface area contributed by atoms with E-state index in [1.54, 1.807) is 6.07 Å². The molecule has 1 aromatic rings. The number of rotatable bonds is 2. The van der Waals surface area contributed by atoms with Crippen LogP contribution in [0, 0.1) is 5.82 Å². The van der Waals surface area contributed by atoms with E-state index in [-0.39, 0.29) is 18.3 Å². The molecule has 0 atom stereocenters. The Hall–Kier alpha value is -1.62. The normalized spacial score (nSPS) is 16.1. The van der Waals surface area contributed by atoms with Gasteiger partial charge in [-0.2, -0.15) is 0 Å². The molecule has 0 aromatic heterocycles. The lowest BCUT2D eigenvalue weighted by Crippen LogP contribution is -2.48. The molecular weight excluding hydrogens is 209 g/mol. The van der Waals surface area contributed by atoms with Crippen LogP contribution in [0.15, 0.2) is 18.2 Å². The van der Waals surface area contributed by atoms with Gasteiger partial charge < -0.3 is 16.0 Å². The van der Waals surface area contributed by atoms with Crippen molar-refractivity contribution in [1.29, 1.82) is 0 Å². The molecule has 0 aliphatic carbocycles. The number of hydrogen-bond donors (Lipinski definition) is 2. The number of nitrogens with one attached hydrogen (secondary N) is 1. The van der Waals surface area contributed by atoms with Gasteiger partial charge in [0, 0.05) is 25.3 Å². The first-order chi connectivity index (χ1) is 7.70. The van der Waals surface area contributed by atoms with E-state index < -0.39 is 0 Å². The first-order valence-electron chi connectivity index (χ1n) is 5.21. The lowest BCUT2D eigenvalue weighted by Gasteiger charge is -2.30. The predicted octanol–water partition coefficient (Wildman–Crippen LogP) is 0.221. The summed E-state index contributed by atoms with van der Waals surface area (Å²) in [5.41, 5.74) is 7.14. The van der Waals surface area contributed by atoms with E-state index in [9.17, 15) is 9.18 Å². The monoisotopic (exact) mass is 223 g/mol. The fraction of sp³-hybridized carbons (Fsp3) is 0.364. The van der Waals surface area contributed by atoms with Gasteiger partial charge in [0.05, 0.1) is 6.54 Å². The number of halogens is 1. The molecule has 2 rings (SSSR count). The number of hydrogen-bond acceptors (Lipinski definition) is 3. The van der Waals surface area contributed by atoms with Crippen LogP contribution in [-0.4, -0.2) is 25.5 Å². The molecule has 5 heteroatoms. The van der Waals surface area contributed by atoms with Crippen LogP contribution >= 0.6 is 0 Å². The minimum Gasteiger partial charge on any atom is -0.360 e. The average molecular weight is 223 g/mol. The maximum absolute atomic E-state index is 13.0. The minimum absolute atomic E-state index is 0.0152. The summed E-state index contributed by atoms with van der Waals surface area (Å²) in [5.74, 6) is -0.316. The third-order valence-electron chi connectivity index (χ3n) is 2.64. The van der Waals surface area contributed by atoms with Crippen molar-refractivity contribution in [3.8, 4) is 0 Å². The highest BCUT2D eigenvalue weighted by Crippen LogP contribution is 2.21. The van der Waals surface area contributed by atoms with Crippen molar-refractivity contribution in [3.63, 3.8) is 0 Å². The highest BCUT2D eigenvalue weighted by molar-refractivity contribution is 5.83. The first-order valence-corrected chi connectivity index (χ1v) is 5.21. The molecule has 0 bridgehead atoms. The molecule has 1 heterocycles. The van der Waals surface area contributed by atoms with Crippen molar-refractivity contribution in [2.24, 2.45) is 5.73 Å². The molecular formula is C11H14FN3O. The summed E-state index contributed by atoms with van der Waals surface area (Å²) in [5, 5.41) is 2.74. The van der Waals surface area contributed by atoms with Gasteiger partial charge >= 0.3 is 0 Å². The molecule has 86 valence electrons. The lowest BCUT2D eigenvalue weighted by molar-refractivity contribution is -0.120. The molecule has 1 aliphatic rings. The van der Waals surface area contributed by atoms with Crippen molar-refractivity contribution in [3.05, 3.63) is 29.6 Å². The Kier molecular flexibility index (Phi) is 3.05. The number of piperazine rings is 1. The van der Waals surface area contributed by atoms with E-state index in [2.05, 4.69) is 5.32 Å². The number of nitrogens with zero attached hydrogens (tertiary/aromatic N) is 1. The lowest BCUT2D eigenvalue weighted by atomic mass is 10.1. The summed E-state index contributed by atoms with van der Waals surface area (Å²) in [4.78, 5) is 13.2. The summed E-state index contributed by atoms with van der Waals surface area (Å²) < 4.78 is 13.0. The van der Waals surface area contributed by atoms with Crippen molar-refractivity contribution in [2.45, 2.75) is 6.54 Å². The maximum atomic E-state index is 13.0. The third-order valence-corrected chi connectivity index (χ3v) is 2.64. The Labute approximate surface area is 93.2 Å². The second-order valence-electron chi connectivity index (χ2n) is 3.75. The molecule has 3 N–H and O–H groups in total. The Morgan fingerprint density at radius 1 is 1.50 bits per heavy atom. The van der Waals surface area contributed by atoms with Gasteiger partial charge in [-0.05, 0) is 23.8 Å². The molecule has 4 nitrogen and oxygen atoms in total. The highest BCUT2D eigenvalue weighted by Gasteiger charge is 2.18. The van der Waals surface area contributed by atoms with E-state index in [1.165, 1.54) is 12.1 Å². The molecule has 1 fully saturated rings. The van der Waals surface area contributed by atoms with E-state index in [1.807, 2.05) is 4.90 Å². The van der Waals surface area contributed by atoms with Crippen LogP contribution in [-0.2, 0) is 11.3 Å². The van der Waals surface area contributed by atoms with Crippen molar-refractivity contribution in [1.82, 2.24) is 5.32 Å². The number of amides is 1. The van der Waals surface area contributed by atoms with Gasteiger partial charge in [-0.1, -0.05) is 0 Å². The van der Waals surface area contributed by atoms with Gasteiger partial charge in [0.15, 0.2) is 0 Å². The zero-order valence-corrected chi connectivity index (χ0v) is 8.87. The van der Waals surface area contributed by atoms with Crippen molar-refractivity contribution >= 4 is 11.6 Å². The molecule has 0 unspecified atom stereocenters. The van der Waals surface area contributed by atoms with Gasteiger partial charge in [-0.15, -0.1) is 0 Å². The van der Waals surface area contributed by atoms with Crippen LogP contribution in [0.4, 0.5) is 10.1 Å². The van der Waals surface area contributed by atoms with E-state index in [4.69, 9.17) is 5.73 Å². The van der Waals surface area contributed by atoms with Crippen LogP contribution < -0.4 is 16.0 Å². The topological polar surface area (TPSA) is 58.4 Å². The zero-order valence-electron chi connectivity index (χ0n) is 8.87. The Morgan fingerprint density at radius 2 is 2.31 bits per heavy atom. The summed E-state index contributed by atoms with van der Waals surface area (Å²) >= 11 is 0. The summed E-state index contributed by atoms with van der Waals surface area (Å²) in [6.45, 7) is 1.91. The van der Waals surface area contributed by atoms with Crippen LogP contribution in [0.2, 0.25) is 0 Å². The Morgan fingerprint density at radius 3 is 3.00 bits per heavy atom. The maximum Gasteiger partial charge on any atom is 0.239 e. The van der Waals surface area contributed by atoms with Gasteiger partial charge in [0.1, 0.15) is 5.82 Å². The fourth-order valence-electron chi connectivity index (χ4n) is 1.87. The van der Waals surface area contributed by atoms with E-state index >= 15 is 0 Å². The fourth-order valence-corrected chi connectivity index (χ4v) is 1.87. The van der Waals surface area contributed by atoms with Crippen LogP contribution in [0.25, 0.3) is 0 Å². The third kappa shape index (κ3) is 2.14. The molecule has 1 aromatic carbocycles. The predicted molar refractivity (Wildman–Crippen MR) is 59.5 cm³/mol. The molecule has 1 saturated heterocycles. The average Bonchev–Trinajstić information content (AvgIpc) is 2.28. The van der Waals surface area contributed by atoms with E-state index in [0.29, 0.717) is 13.1 Å². The quantitative estimate of drug-likeness (QED) is 0.754. The summed E-state index contributed by atoms with van der Waals surface area (Å²) in [7, 11) is 0. The second-order valence-corrected chi connectivity index (χ2v) is 3.75. The molecule has 0 saturated carbocycles. The second kappa shape index (κ2) is 4.49. The number of carbonyl (C=O) groups excluding carboxylic acids is 1. The molecule has 0 spiro atoms. The number of carbonyl (C=O) groups is 1. The van der Waals surface area contributed by atoms with Crippen molar-refractivity contribution in [2.75, 3.05) is 24.5 Å². The first kappa shape index (κ1) is 10.9. The Bertz CT molecular complexity index is 408. The van der Waals surface area contributed by atoms with Gasteiger partial charge in [0.25, 0.3) is 0 Å². The number of benzene rings is 1. The van der Waals surface area contributed by atoms with Crippen LogP contribution in [0.5, 0.6) is 0 Å². The molecule has 0 radical (unpaired) electrons. The van der Waals surface area contributed by atoms with Gasteiger partial charge in [-0.25, -0.2) is 4.39 Å². The standard InChI is InChI=1S/C11H14FN3O/c12-9-1-2-10(8(5-9)6-13)15-4-3-14-11(16)7-15/h1-2,5H,3-4,6-7,13H2,(H,14,16). The number of nitrogens with two attached hydrogens (primary N) is 1. The zero-order chi connectivity index (χ0) is 11.5. The van der Waals surface area contributed by atoms with Crippen LogP contribution in [0.3, 0.4) is 0 Å². The van der Waals surface area contributed by atoms with E-state index in [0.717, 1.165) is 17.8 Å². The SMILES string of the molecule is NCc1cc(F)ccc1N1CCNC(=O)C1. The van der Waals surface area contributed by atoms with Gasteiger partial charge in [-0.3, -0.25) is 4.79 Å². The highest BCUT2D eigenvalue weighted by atomic mass is 19.1. The summed E-state index contributed by atoms with van der Waals surface area (Å²) in [6.07, 6.45) is 0. The minimum atomic E-state index is -0.300. The number of anilines is 1. The smallest absolute Gasteiger partial charge is 0.239 e. The molecule has 16 heavy (non-hydrogen) atoms. The Balaban J connectivity index is 2.28.